The van der Waals surface area contributed by atoms with Crippen molar-refractivity contribution >= 4 is 17.7 Å². The zero-order chi connectivity index (χ0) is 27.2. The van der Waals surface area contributed by atoms with E-state index in [-0.39, 0.29) is 30.6 Å². The third kappa shape index (κ3) is 6.57. The molecule has 6 nitrogen and oxygen atoms in total. The monoisotopic (exact) mass is 519 g/mol. The lowest BCUT2D eigenvalue weighted by atomic mass is 9.89. The second-order valence-electron chi connectivity index (χ2n) is 9.78. The molecule has 2 unspecified atom stereocenters. The van der Waals surface area contributed by atoms with Gasteiger partial charge < -0.3 is 14.8 Å². The van der Waals surface area contributed by atoms with E-state index >= 15 is 0 Å². The van der Waals surface area contributed by atoms with Crippen molar-refractivity contribution in [2.45, 2.75) is 63.5 Å². The third-order valence-electron chi connectivity index (χ3n) is 6.53. The van der Waals surface area contributed by atoms with E-state index in [0.29, 0.717) is 12.0 Å². The lowest BCUT2D eigenvalue weighted by Crippen LogP contribution is -2.53. The largest absolute Gasteiger partial charge is 0.458 e. The highest BCUT2D eigenvalue weighted by Gasteiger charge is 2.64. The zero-order valence-electron chi connectivity index (χ0n) is 21.1. The average Bonchev–Trinajstić information content (AvgIpc) is 3.19. The van der Waals surface area contributed by atoms with E-state index < -0.39 is 47.7 Å². The van der Waals surface area contributed by atoms with Gasteiger partial charge in [0.15, 0.2) is 0 Å². The number of esters is 1. The van der Waals surface area contributed by atoms with Crippen LogP contribution in [0.25, 0.3) is 0 Å². The molecule has 2 aromatic rings. The summed E-state index contributed by atoms with van der Waals surface area (Å²) >= 11 is 0. The summed E-state index contributed by atoms with van der Waals surface area (Å²) in [6.45, 7) is 3.97. The molecule has 0 bridgehead atoms. The lowest BCUT2D eigenvalue weighted by molar-refractivity contribution is -0.278. The van der Waals surface area contributed by atoms with Gasteiger partial charge in [-0.05, 0) is 24.3 Å². The van der Waals surface area contributed by atoms with Gasteiger partial charge in [0.05, 0.1) is 5.92 Å². The molecule has 0 aromatic heterocycles. The lowest BCUT2D eigenvalue weighted by Gasteiger charge is -2.34. The smallest absolute Gasteiger partial charge is 0.432 e. The van der Waals surface area contributed by atoms with Gasteiger partial charge in [-0.15, -0.1) is 0 Å². The summed E-state index contributed by atoms with van der Waals surface area (Å²) < 4.78 is 53.5. The molecule has 4 atom stereocenters. The van der Waals surface area contributed by atoms with Crippen LogP contribution in [0.2, 0.25) is 0 Å². The van der Waals surface area contributed by atoms with Crippen molar-refractivity contribution in [3.8, 4) is 0 Å². The van der Waals surface area contributed by atoms with Crippen molar-refractivity contribution < 1.29 is 37.0 Å². The number of carbonyl (C=O) groups is 3. The predicted molar refractivity (Wildman–Crippen MR) is 130 cm³/mol. The second-order valence-corrected chi connectivity index (χ2v) is 9.78. The first-order chi connectivity index (χ1) is 17.5. The fourth-order valence-corrected chi connectivity index (χ4v) is 4.82. The maximum Gasteiger partial charge on any atom is 0.432 e. The molecule has 37 heavy (non-hydrogen) atoms. The number of alkyl halides is 3. The Kier molecular flexibility index (Phi) is 9.12. The predicted octanol–water partition coefficient (Wildman–Crippen LogP) is 4.76. The number of hydrogen-bond donors (Lipinski definition) is 1. The van der Waals surface area contributed by atoms with Crippen LogP contribution >= 0.6 is 0 Å². The minimum absolute atomic E-state index is 0.00791. The quantitative estimate of drug-likeness (QED) is 0.433. The van der Waals surface area contributed by atoms with Crippen LogP contribution in [0.5, 0.6) is 0 Å². The van der Waals surface area contributed by atoms with Crippen molar-refractivity contribution in [3.63, 3.8) is 0 Å². The number of ketones is 1. The molecule has 1 heterocycles. The van der Waals surface area contributed by atoms with E-state index in [1.807, 2.05) is 13.8 Å². The Balaban J connectivity index is 1.92. The third-order valence-corrected chi connectivity index (χ3v) is 6.53. The summed E-state index contributed by atoms with van der Waals surface area (Å²) in [7, 11) is 0.776. The molecular formula is C28H32F3NO5. The number of benzene rings is 2. The van der Waals surface area contributed by atoms with E-state index in [1.165, 1.54) is 18.2 Å². The normalized spacial score (nSPS) is 20.2. The van der Waals surface area contributed by atoms with Gasteiger partial charge in [-0.2, -0.15) is 13.2 Å². The van der Waals surface area contributed by atoms with E-state index in [4.69, 9.17) is 9.47 Å². The molecule has 0 spiro atoms. The topological polar surface area (TPSA) is 81.7 Å². The molecule has 3 rings (SSSR count). The highest BCUT2D eigenvalue weighted by atomic mass is 19.4. The number of halogens is 3. The van der Waals surface area contributed by atoms with Crippen LogP contribution in [0.1, 0.15) is 44.2 Å². The number of carbonyl (C=O) groups excluding carboxylic acids is 3. The maximum absolute atomic E-state index is 14.4. The van der Waals surface area contributed by atoms with Crippen LogP contribution in [0.3, 0.4) is 0 Å². The van der Waals surface area contributed by atoms with Crippen molar-refractivity contribution in [1.82, 2.24) is 5.32 Å². The molecule has 1 aliphatic heterocycles. The first-order valence-corrected chi connectivity index (χ1v) is 12.2. The van der Waals surface area contributed by atoms with E-state index in [1.54, 1.807) is 30.3 Å². The van der Waals surface area contributed by atoms with E-state index in [0.717, 1.165) is 19.2 Å². The van der Waals surface area contributed by atoms with Gasteiger partial charge >= 0.3 is 12.1 Å². The highest BCUT2D eigenvalue weighted by Crippen LogP contribution is 2.44. The van der Waals surface area contributed by atoms with Gasteiger partial charge in [-0.3, -0.25) is 9.59 Å². The SMILES string of the molecule is CO[C@@](C(=O)O[C@@H](CC(=O)Cc1ccccc1)C1CC(CC(C)C)NC1=O)(c1ccccc1)C(F)(F)F. The first-order valence-electron chi connectivity index (χ1n) is 12.2. The highest BCUT2D eigenvalue weighted by molar-refractivity contribution is 5.87. The molecule has 2 aromatic carbocycles. The second kappa shape index (κ2) is 11.9. The number of amides is 1. The molecule has 0 aliphatic carbocycles. The Morgan fingerprint density at radius 1 is 1.03 bits per heavy atom. The average molecular weight is 520 g/mol. The number of rotatable bonds is 11. The molecular weight excluding hydrogens is 487 g/mol. The number of Topliss-reactive ketones (excluding diaryl/α,β-unsaturated/α-hetero) is 1. The molecule has 200 valence electrons. The minimum atomic E-state index is -5.17. The maximum atomic E-state index is 14.4. The molecule has 0 radical (unpaired) electrons. The Hall–Kier alpha value is -3.20. The van der Waals surface area contributed by atoms with Gasteiger partial charge in [-0.1, -0.05) is 74.5 Å². The molecule has 1 amide bonds. The summed E-state index contributed by atoms with van der Waals surface area (Å²) in [5.74, 6) is -3.24. The fraction of sp³-hybridized carbons (Fsp3) is 0.464. The summed E-state index contributed by atoms with van der Waals surface area (Å²) in [5, 5.41) is 2.83. The molecule has 9 heteroatoms. The molecule has 1 fully saturated rings. The van der Waals surface area contributed by atoms with Gasteiger partial charge in [0.25, 0.3) is 5.60 Å². The number of hydrogen-bond acceptors (Lipinski definition) is 5. The van der Waals surface area contributed by atoms with Crippen LogP contribution in [-0.2, 0) is 35.9 Å². The van der Waals surface area contributed by atoms with Gasteiger partial charge in [0, 0.05) is 31.6 Å². The van der Waals surface area contributed by atoms with Crippen LogP contribution in [-0.4, -0.2) is 43.1 Å². The van der Waals surface area contributed by atoms with Crippen LogP contribution in [0.15, 0.2) is 60.7 Å². The van der Waals surface area contributed by atoms with E-state index in [2.05, 4.69) is 5.32 Å². The number of nitrogens with one attached hydrogen (secondary N) is 1. The van der Waals surface area contributed by atoms with Crippen molar-refractivity contribution in [3.05, 3.63) is 71.8 Å². The Bertz CT molecular complexity index is 1070. The van der Waals surface area contributed by atoms with Crippen molar-refractivity contribution in [1.29, 1.82) is 0 Å². The van der Waals surface area contributed by atoms with Crippen molar-refractivity contribution in [2.24, 2.45) is 11.8 Å². The van der Waals surface area contributed by atoms with Gasteiger partial charge in [0.2, 0.25) is 5.91 Å². The summed E-state index contributed by atoms with van der Waals surface area (Å²) in [4.78, 5) is 39.1. The Labute approximate surface area is 214 Å². The molecule has 1 aliphatic rings. The Morgan fingerprint density at radius 2 is 1.62 bits per heavy atom. The van der Waals surface area contributed by atoms with Gasteiger partial charge in [-0.25, -0.2) is 4.79 Å². The zero-order valence-corrected chi connectivity index (χ0v) is 21.1. The number of ether oxygens (including phenoxy) is 2. The fourth-order valence-electron chi connectivity index (χ4n) is 4.82. The molecule has 1 saturated heterocycles. The van der Waals surface area contributed by atoms with Crippen LogP contribution in [0.4, 0.5) is 13.2 Å². The summed E-state index contributed by atoms with van der Waals surface area (Å²) in [5.41, 5.74) is -3.17. The standard InChI is InChI=1S/C28H32F3NO5/c1-18(2)14-21-16-23(25(34)32-21)24(17-22(33)15-19-10-6-4-7-11-19)37-26(35)27(36-3,28(29,30)31)20-12-8-5-9-13-20/h4-13,18,21,23-24H,14-17H2,1-3H3,(H,32,34)/t21?,23?,24-,27+/m0/s1. The Morgan fingerprint density at radius 3 is 2.16 bits per heavy atom. The minimum Gasteiger partial charge on any atom is -0.458 e. The van der Waals surface area contributed by atoms with Crippen LogP contribution < -0.4 is 5.32 Å². The molecule has 1 N–H and O–H groups in total. The first kappa shape index (κ1) is 28.4. The summed E-state index contributed by atoms with van der Waals surface area (Å²) in [6.07, 6.45) is -6.08. The van der Waals surface area contributed by atoms with Crippen LogP contribution in [0, 0.1) is 11.8 Å². The van der Waals surface area contributed by atoms with Gasteiger partial charge in [0.1, 0.15) is 11.9 Å². The van der Waals surface area contributed by atoms with Crippen molar-refractivity contribution in [2.75, 3.05) is 7.11 Å². The molecule has 0 saturated carbocycles. The number of methoxy groups -OCH3 is 1. The summed E-state index contributed by atoms with van der Waals surface area (Å²) in [6, 6.07) is 15.0. The van der Waals surface area contributed by atoms with E-state index in [9.17, 15) is 27.6 Å².